The fourth-order valence-electron chi connectivity index (χ4n) is 12.0. The van der Waals surface area contributed by atoms with Gasteiger partial charge < -0.3 is 9.38 Å². The maximum absolute atomic E-state index is 14.4. The fourth-order valence-corrected chi connectivity index (χ4v) is 12.0. The molecule has 3 nitrogen and oxygen atoms in total. The summed E-state index contributed by atoms with van der Waals surface area (Å²) in [7, 11) is -2.69. The number of aromatic nitrogens is 1. The molecule has 0 N–H and O–H groups in total. The molecule has 0 bridgehead atoms. The molecule has 1 aliphatic heterocycles. The molecule has 0 amide bonds. The number of rotatable bonds is 12. The molecule has 2 heterocycles. The van der Waals surface area contributed by atoms with Crippen LogP contribution in [0.25, 0.3) is 5.57 Å². The Morgan fingerprint density at radius 2 is 0.789 bits per heavy atom. The first-order valence-electron chi connectivity index (χ1n) is 24.8. The van der Waals surface area contributed by atoms with Crippen LogP contribution in [0.2, 0.25) is 0 Å². The van der Waals surface area contributed by atoms with Crippen molar-refractivity contribution >= 4 is 82.5 Å². The predicted molar refractivity (Wildman–Crippen MR) is 305 cm³/mol. The average Bonchev–Trinajstić information content (AvgIpc) is 4.02. The molecule has 7 aromatic carbocycles. The minimum Gasteiger partial charge on any atom is -0.332 e. The molecule has 0 saturated carbocycles. The van der Waals surface area contributed by atoms with Crippen LogP contribution in [0.5, 0.6) is 0 Å². The van der Waals surface area contributed by atoms with E-state index in [1.165, 1.54) is 106 Å². The van der Waals surface area contributed by atoms with Crippen LogP contribution in [0.15, 0.2) is 162 Å². The number of anilines is 3. The third-order valence-electron chi connectivity index (χ3n) is 14.5. The SMILES string of the molecule is Cc1cc(C)c(B(c2ccc(N(c3ccc(B(c4c(C)cc(C)cc4C)c4c(C)cc(C)cc4C)cc3)c3ccc(/C(=C4/C=CC=N4)c4cccn4B(F)F)cc3)cc2)c2c(C)cc(C)cc2C)c(C)c1. The zero-order valence-corrected chi connectivity index (χ0v) is 43.3. The van der Waals surface area contributed by atoms with Gasteiger partial charge in [0.15, 0.2) is 0 Å². The zero-order valence-electron chi connectivity index (χ0n) is 43.3. The lowest BCUT2D eigenvalue weighted by Crippen LogP contribution is -2.55. The molecule has 0 aliphatic carbocycles. The molecular formula is C63H62B3F2N3. The van der Waals surface area contributed by atoms with Crippen molar-refractivity contribution in [3.05, 3.63) is 236 Å². The van der Waals surface area contributed by atoms with Gasteiger partial charge in [-0.25, -0.2) is 0 Å². The third kappa shape index (κ3) is 9.57. The van der Waals surface area contributed by atoms with Crippen molar-refractivity contribution in [3.63, 3.8) is 0 Å². The van der Waals surface area contributed by atoms with Crippen LogP contribution < -0.4 is 37.7 Å². The lowest BCUT2D eigenvalue weighted by atomic mass is 9.34. The van der Waals surface area contributed by atoms with E-state index >= 15 is 0 Å². The molecule has 8 aromatic rings. The third-order valence-corrected chi connectivity index (χ3v) is 14.5. The predicted octanol–water partition coefficient (Wildman–Crippen LogP) is 11.9. The van der Waals surface area contributed by atoms with Crippen molar-refractivity contribution in [1.29, 1.82) is 0 Å². The fraction of sp³-hybridized carbons (Fsp3) is 0.190. The molecular weight excluding hydrogens is 869 g/mol. The number of nitrogens with zero attached hydrogens (tertiary/aromatic N) is 3. The summed E-state index contributed by atoms with van der Waals surface area (Å²) in [6.45, 7) is 26.8. The highest BCUT2D eigenvalue weighted by Gasteiger charge is 2.31. The second kappa shape index (κ2) is 19.9. The topological polar surface area (TPSA) is 20.5 Å². The van der Waals surface area contributed by atoms with Crippen molar-refractivity contribution in [3.8, 4) is 0 Å². The van der Waals surface area contributed by atoms with E-state index in [1.807, 2.05) is 24.3 Å². The smallest absolute Gasteiger partial charge is 0.332 e. The Hall–Kier alpha value is -7.18. The zero-order chi connectivity index (χ0) is 50.4. The first kappa shape index (κ1) is 48.8. The molecule has 0 fully saturated rings. The van der Waals surface area contributed by atoms with Crippen LogP contribution >= 0.6 is 0 Å². The second-order valence-corrected chi connectivity index (χ2v) is 20.2. The van der Waals surface area contributed by atoms with Crippen molar-refractivity contribution < 1.29 is 8.63 Å². The van der Waals surface area contributed by atoms with Gasteiger partial charge in [-0.2, -0.15) is 0 Å². The van der Waals surface area contributed by atoms with Gasteiger partial charge in [0.1, 0.15) is 0 Å². The van der Waals surface area contributed by atoms with Crippen molar-refractivity contribution in [2.24, 2.45) is 4.99 Å². The highest BCUT2D eigenvalue weighted by atomic mass is 19.2. The van der Waals surface area contributed by atoms with E-state index in [0.29, 0.717) is 17.0 Å². The molecule has 0 unspecified atom stereocenters. The molecule has 0 atom stereocenters. The van der Waals surface area contributed by atoms with E-state index < -0.39 is 7.40 Å². The van der Waals surface area contributed by atoms with Gasteiger partial charge >= 0.3 is 7.40 Å². The number of aryl methyl sites for hydroxylation is 12. The number of allylic oxidation sites excluding steroid dienone is 2. The monoisotopic (exact) mass is 932 g/mol. The van der Waals surface area contributed by atoms with Crippen LogP contribution in [-0.4, -0.2) is 31.5 Å². The lowest BCUT2D eigenvalue weighted by molar-refractivity contribution is 0.628. The summed E-state index contributed by atoms with van der Waals surface area (Å²) in [5, 5.41) is 0. The van der Waals surface area contributed by atoms with Gasteiger partial charge in [0, 0.05) is 34.5 Å². The Balaban J connectivity index is 1.21. The van der Waals surface area contributed by atoms with Crippen LogP contribution in [0.4, 0.5) is 25.7 Å². The Morgan fingerprint density at radius 3 is 1.10 bits per heavy atom. The Kier molecular flexibility index (Phi) is 13.7. The highest BCUT2D eigenvalue weighted by molar-refractivity contribution is 6.97. The van der Waals surface area contributed by atoms with Gasteiger partial charge in [-0.1, -0.05) is 184 Å². The van der Waals surface area contributed by atoms with Gasteiger partial charge in [0.25, 0.3) is 0 Å². The molecule has 0 saturated heterocycles. The van der Waals surface area contributed by atoms with Gasteiger partial charge in [-0.05, 0) is 156 Å². The summed E-state index contributed by atoms with van der Waals surface area (Å²) in [5.41, 5.74) is 28.6. The molecule has 1 aromatic heterocycles. The van der Waals surface area contributed by atoms with Gasteiger partial charge in [-0.15, -0.1) is 0 Å². The van der Waals surface area contributed by atoms with E-state index in [-0.39, 0.29) is 13.4 Å². The Bertz CT molecular complexity index is 3030. The Morgan fingerprint density at radius 1 is 0.451 bits per heavy atom. The Labute approximate surface area is 422 Å². The lowest BCUT2D eigenvalue weighted by Gasteiger charge is -2.28. The molecule has 71 heavy (non-hydrogen) atoms. The number of halogens is 2. The average molecular weight is 932 g/mol. The minimum atomic E-state index is -2.69. The molecule has 352 valence electrons. The van der Waals surface area contributed by atoms with Crippen LogP contribution in [-0.2, 0) is 0 Å². The maximum atomic E-state index is 14.4. The first-order valence-corrected chi connectivity index (χ1v) is 24.8. The standard InChI is InChI=1S/C63H62B3F2N3/c1-39-31-43(5)60(44(6)32-39)64(61-45(7)33-40(2)34-46(61)8)52-19-25-55(26-20-52)71(54-23-17-51(18-24-54)59(57-15-13-29-69-57)58-16-14-30-70(58)66(67)68)56-27-21-53(22-28-56)65(62-47(9)35-41(3)36-48(62)10)63-49(11)37-42(4)38-50(63)12/h13-38H,1-12H3/b59-57+. The maximum Gasteiger partial charge on any atom is 0.677 e. The summed E-state index contributed by atoms with van der Waals surface area (Å²) in [4.78, 5) is 6.89. The van der Waals surface area contributed by atoms with Crippen LogP contribution in [0.1, 0.15) is 78.0 Å². The molecule has 8 heteroatoms. The normalized spacial score (nSPS) is 12.7. The molecule has 0 spiro atoms. The number of hydrogen-bond acceptors (Lipinski definition) is 2. The minimum absolute atomic E-state index is 0.0301. The van der Waals surface area contributed by atoms with Crippen molar-refractivity contribution in [1.82, 2.24) is 4.48 Å². The second-order valence-electron chi connectivity index (χ2n) is 20.2. The number of hydrogen-bond donors (Lipinski definition) is 0. The van der Waals surface area contributed by atoms with E-state index in [1.54, 1.807) is 18.3 Å². The van der Waals surface area contributed by atoms with Crippen LogP contribution in [0, 0.1) is 83.1 Å². The highest BCUT2D eigenvalue weighted by Crippen LogP contribution is 2.37. The van der Waals surface area contributed by atoms with Crippen LogP contribution in [0.3, 0.4) is 0 Å². The summed E-state index contributed by atoms with van der Waals surface area (Å²) >= 11 is 0. The molecule has 0 radical (unpaired) electrons. The van der Waals surface area contributed by atoms with Gasteiger partial charge in [0.2, 0.25) is 13.4 Å². The first-order chi connectivity index (χ1) is 34.0. The van der Waals surface area contributed by atoms with E-state index in [2.05, 4.69) is 202 Å². The largest absolute Gasteiger partial charge is 0.677 e. The molecule has 9 rings (SSSR count). The summed E-state index contributed by atoms with van der Waals surface area (Å²) < 4.78 is 29.8. The van der Waals surface area contributed by atoms with Gasteiger partial charge in [-0.3, -0.25) is 13.6 Å². The number of aliphatic imine (C=N–C) groups is 1. The van der Waals surface area contributed by atoms with E-state index in [4.69, 9.17) is 0 Å². The quantitative estimate of drug-likeness (QED) is 0.112. The summed E-state index contributed by atoms with van der Waals surface area (Å²) in [5.74, 6) is 0. The molecule has 1 aliphatic rings. The van der Waals surface area contributed by atoms with Crippen molar-refractivity contribution in [2.45, 2.75) is 83.1 Å². The summed E-state index contributed by atoms with van der Waals surface area (Å²) in [6, 6.07) is 48.4. The van der Waals surface area contributed by atoms with E-state index in [9.17, 15) is 8.63 Å². The van der Waals surface area contributed by atoms with Gasteiger partial charge in [0.05, 0.1) is 5.70 Å². The van der Waals surface area contributed by atoms with Crippen molar-refractivity contribution in [2.75, 3.05) is 4.90 Å². The summed E-state index contributed by atoms with van der Waals surface area (Å²) in [6.07, 6.45) is 6.85. The van der Waals surface area contributed by atoms with E-state index in [0.717, 1.165) is 27.1 Å². The number of benzene rings is 7.